The molecule has 0 aliphatic rings. The van der Waals surface area contributed by atoms with Crippen molar-refractivity contribution in [2.75, 3.05) is 6.61 Å². The van der Waals surface area contributed by atoms with Crippen LogP contribution in [0.5, 0.6) is 11.5 Å². The molecule has 0 saturated carbocycles. The van der Waals surface area contributed by atoms with Crippen LogP contribution in [0.15, 0.2) is 70.9 Å². The van der Waals surface area contributed by atoms with Crippen molar-refractivity contribution in [2.45, 2.75) is 45.4 Å². The number of esters is 1. The molecule has 0 unspecified atom stereocenters. The van der Waals surface area contributed by atoms with E-state index in [9.17, 15) is 4.79 Å². The first kappa shape index (κ1) is 27.0. The van der Waals surface area contributed by atoms with Crippen molar-refractivity contribution < 1.29 is 14.3 Å². The zero-order valence-electron chi connectivity index (χ0n) is 19.5. The quantitative estimate of drug-likeness (QED) is 0.101. The van der Waals surface area contributed by atoms with E-state index in [2.05, 4.69) is 17.2 Å². The Bertz CT molecular complexity index is 1150. The number of carbonyl (C=O) groups is 1. The lowest BCUT2D eigenvalue weighted by atomic mass is 10.1. The number of halogens is 3. The summed E-state index contributed by atoms with van der Waals surface area (Å²) in [4.78, 5) is 12.5. The van der Waals surface area contributed by atoms with E-state index in [1.165, 1.54) is 32.1 Å². The minimum atomic E-state index is -0.514. The van der Waals surface area contributed by atoms with Crippen LogP contribution in [-0.4, -0.2) is 12.6 Å². The first-order chi connectivity index (χ1) is 17.0. The summed E-state index contributed by atoms with van der Waals surface area (Å²) in [6.45, 7) is 2.88. The van der Waals surface area contributed by atoms with Gasteiger partial charge >= 0.3 is 5.97 Å². The van der Waals surface area contributed by atoms with Crippen molar-refractivity contribution in [3.8, 4) is 11.5 Å². The van der Waals surface area contributed by atoms with E-state index < -0.39 is 5.97 Å². The van der Waals surface area contributed by atoms with E-state index in [-0.39, 0.29) is 10.8 Å². The van der Waals surface area contributed by atoms with Gasteiger partial charge in [0.2, 0.25) is 0 Å². The van der Waals surface area contributed by atoms with Crippen LogP contribution < -0.4 is 9.47 Å². The summed E-state index contributed by atoms with van der Waals surface area (Å²) in [6.07, 6.45) is 7.25. The molecule has 0 heterocycles. The summed E-state index contributed by atoms with van der Waals surface area (Å²) in [7, 11) is 0. The van der Waals surface area contributed by atoms with Crippen molar-refractivity contribution in [2.24, 2.45) is 10.2 Å². The first-order valence-electron chi connectivity index (χ1n) is 11.6. The van der Waals surface area contributed by atoms with Crippen LogP contribution in [0.1, 0.15) is 55.8 Å². The fraction of sp³-hybridized carbons (Fsp3) is 0.296. The van der Waals surface area contributed by atoms with Crippen LogP contribution >= 0.6 is 34.8 Å². The molecule has 0 fully saturated rings. The molecule has 3 aromatic carbocycles. The monoisotopic (exact) mass is 532 g/mol. The molecule has 0 saturated heterocycles. The van der Waals surface area contributed by atoms with Crippen molar-refractivity contribution >= 4 is 52.1 Å². The van der Waals surface area contributed by atoms with Crippen LogP contribution in [0.3, 0.4) is 0 Å². The molecule has 184 valence electrons. The standard InChI is InChI=1S/C27H27Cl3N2O3/c1-2-3-4-5-6-7-16-34-22-12-8-19(9-13-22)27(33)35-26-15-11-21(18-25(26)30)32-31-20-10-14-23(28)24(29)17-20/h8-15,17-18H,2-7,16H2,1H3. The molecule has 0 aromatic heterocycles. The van der Waals surface area contributed by atoms with Gasteiger partial charge in [0.1, 0.15) is 11.5 Å². The molecule has 0 bridgehead atoms. The maximum atomic E-state index is 12.5. The molecule has 35 heavy (non-hydrogen) atoms. The first-order valence-corrected chi connectivity index (χ1v) is 12.7. The number of azo groups is 1. The summed E-state index contributed by atoms with van der Waals surface area (Å²) in [5.41, 5.74) is 1.44. The van der Waals surface area contributed by atoms with Gasteiger partial charge in [-0.1, -0.05) is 73.8 Å². The van der Waals surface area contributed by atoms with Gasteiger partial charge in [0.25, 0.3) is 0 Å². The van der Waals surface area contributed by atoms with Gasteiger partial charge in [0, 0.05) is 0 Å². The Balaban J connectivity index is 1.51. The number of unbranched alkanes of at least 4 members (excludes halogenated alkanes) is 5. The Kier molecular flexibility index (Phi) is 10.9. The Morgan fingerprint density at radius 2 is 1.37 bits per heavy atom. The van der Waals surface area contributed by atoms with E-state index in [0.29, 0.717) is 33.6 Å². The Hall–Kier alpha value is -2.60. The molecule has 0 spiro atoms. The molecule has 3 rings (SSSR count). The highest BCUT2D eigenvalue weighted by atomic mass is 35.5. The van der Waals surface area contributed by atoms with Gasteiger partial charge in [-0.05, 0) is 67.1 Å². The molecule has 0 radical (unpaired) electrons. The second-order valence-electron chi connectivity index (χ2n) is 7.94. The van der Waals surface area contributed by atoms with Crippen molar-refractivity contribution in [1.29, 1.82) is 0 Å². The number of benzene rings is 3. The average molecular weight is 534 g/mol. The molecule has 0 aliphatic heterocycles. The lowest BCUT2D eigenvalue weighted by Gasteiger charge is -2.09. The van der Waals surface area contributed by atoms with Crippen LogP contribution in [0.25, 0.3) is 0 Å². The van der Waals surface area contributed by atoms with Gasteiger partial charge in [-0.3, -0.25) is 0 Å². The van der Waals surface area contributed by atoms with E-state index in [1.54, 1.807) is 60.7 Å². The average Bonchev–Trinajstić information content (AvgIpc) is 2.86. The normalized spacial score (nSPS) is 11.1. The third kappa shape index (κ3) is 8.84. The fourth-order valence-corrected chi connectivity index (χ4v) is 3.72. The smallest absolute Gasteiger partial charge is 0.343 e. The Labute approximate surface area is 221 Å². The van der Waals surface area contributed by atoms with E-state index in [4.69, 9.17) is 44.3 Å². The lowest BCUT2D eigenvalue weighted by molar-refractivity contribution is 0.0735. The van der Waals surface area contributed by atoms with Crippen LogP contribution in [0, 0.1) is 0 Å². The third-order valence-electron chi connectivity index (χ3n) is 5.16. The van der Waals surface area contributed by atoms with Gasteiger partial charge in [0.15, 0.2) is 0 Å². The molecule has 0 atom stereocenters. The maximum Gasteiger partial charge on any atom is 0.343 e. The number of rotatable bonds is 12. The number of carbonyl (C=O) groups excluding carboxylic acids is 1. The summed E-state index contributed by atoms with van der Waals surface area (Å²) in [5, 5.41) is 9.31. The number of hydrogen-bond donors (Lipinski definition) is 0. The molecule has 5 nitrogen and oxygen atoms in total. The van der Waals surface area contributed by atoms with E-state index in [1.807, 2.05) is 0 Å². The predicted octanol–water partition coefficient (Wildman–Crippen LogP) is 10.0. The third-order valence-corrected chi connectivity index (χ3v) is 6.19. The minimum Gasteiger partial charge on any atom is -0.494 e. The van der Waals surface area contributed by atoms with Crippen molar-refractivity contribution in [3.05, 3.63) is 81.3 Å². The molecule has 0 aliphatic carbocycles. The predicted molar refractivity (Wildman–Crippen MR) is 142 cm³/mol. The summed E-state index contributed by atoms with van der Waals surface area (Å²) in [5.74, 6) is 0.443. The van der Waals surface area contributed by atoms with E-state index in [0.717, 1.165) is 12.2 Å². The van der Waals surface area contributed by atoms with Gasteiger partial charge < -0.3 is 9.47 Å². The second-order valence-corrected chi connectivity index (χ2v) is 9.16. The summed E-state index contributed by atoms with van der Waals surface area (Å²) >= 11 is 18.2. The molecular formula is C27H27Cl3N2O3. The minimum absolute atomic E-state index is 0.230. The SMILES string of the molecule is CCCCCCCCOc1ccc(C(=O)Oc2ccc(N=Nc3ccc(Cl)c(Cl)c3)cc2Cl)cc1. The molecular weight excluding hydrogens is 507 g/mol. The van der Waals surface area contributed by atoms with Gasteiger partial charge in [-0.2, -0.15) is 10.2 Å². The van der Waals surface area contributed by atoms with Gasteiger partial charge in [0.05, 0.1) is 38.6 Å². The second kappa shape index (κ2) is 14.1. The highest BCUT2D eigenvalue weighted by Gasteiger charge is 2.12. The van der Waals surface area contributed by atoms with Crippen LogP contribution in [-0.2, 0) is 0 Å². The van der Waals surface area contributed by atoms with Gasteiger partial charge in [-0.15, -0.1) is 0 Å². The largest absolute Gasteiger partial charge is 0.494 e. The zero-order valence-corrected chi connectivity index (χ0v) is 21.7. The molecule has 8 heteroatoms. The number of hydrogen-bond acceptors (Lipinski definition) is 5. The van der Waals surface area contributed by atoms with Crippen LogP contribution in [0.4, 0.5) is 11.4 Å². The van der Waals surface area contributed by atoms with Crippen LogP contribution in [0.2, 0.25) is 15.1 Å². The number of ether oxygens (including phenoxy) is 2. The van der Waals surface area contributed by atoms with Crippen molar-refractivity contribution in [3.63, 3.8) is 0 Å². The zero-order chi connectivity index (χ0) is 25.0. The summed E-state index contributed by atoms with van der Waals surface area (Å²) < 4.78 is 11.2. The topological polar surface area (TPSA) is 60.2 Å². The van der Waals surface area contributed by atoms with Crippen molar-refractivity contribution in [1.82, 2.24) is 0 Å². The fourth-order valence-electron chi connectivity index (χ4n) is 3.22. The highest BCUT2D eigenvalue weighted by molar-refractivity contribution is 6.42. The Morgan fingerprint density at radius 1 is 0.743 bits per heavy atom. The molecule has 0 amide bonds. The molecule has 0 N–H and O–H groups in total. The molecule has 3 aromatic rings. The number of nitrogens with zero attached hydrogens (tertiary/aromatic N) is 2. The van der Waals surface area contributed by atoms with E-state index >= 15 is 0 Å². The Morgan fingerprint density at radius 3 is 2.03 bits per heavy atom. The maximum absolute atomic E-state index is 12.5. The van der Waals surface area contributed by atoms with Gasteiger partial charge in [-0.25, -0.2) is 4.79 Å². The summed E-state index contributed by atoms with van der Waals surface area (Å²) in [6, 6.07) is 16.6. The highest BCUT2D eigenvalue weighted by Crippen LogP contribution is 2.32. The lowest BCUT2D eigenvalue weighted by Crippen LogP contribution is -2.08.